The summed E-state index contributed by atoms with van der Waals surface area (Å²) in [5.41, 5.74) is 1.12. The van der Waals surface area contributed by atoms with Gasteiger partial charge in [-0.1, -0.05) is 24.3 Å². The molecule has 1 N–H and O–H groups in total. The van der Waals surface area contributed by atoms with Crippen LogP contribution in [0.5, 0.6) is 11.5 Å². The molecule has 0 fully saturated rings. The van der Waals surface area contributed by atoms with Gasteiger partial charge in [0.2, 0.25) is 16.8 Å². The van der Waals surface area contributed by atoms with Gasteiger partial charge >= 0.3 is 6.18 Å². The minimum Gasteiger partial charge on any atom is -0.454 e. The summed E-state index contributed by atoms with van der Waals surface area (Å²) in [6.45, 7) is 2.98. The smallest absolute Gasteiger partial charge is 0.417 e. The van der Waals surface area contributed by atoms with Gasteiger partial charge in [-0.15, -0.1) is 0 Å². The highest BCUT2D eigenvalue weighted by molar-refractivity contribution is 7.89. The second-order valence-electron chi connectivity index (χ2n) is 9.12. The van der Waals surface area contributed by atoms with E-state index >= 15 is 0 Å². The van der Waals surface area contributed by atoms with Crippen molar-refractivity contribution in [2.45, 2.75) is 38.0 Å². The normalized spacial score (nSPS) is 13.4. The number of hydrogen-bond donors (Lipinski definition) is 1. The predicted octanol–water partition coefficient (Wildman–Crippen LogP) is 5.28. The number of sulfonamides is 1. The van der Waals surface area contributed by atoms with Gasteiger partial charge < -0.3 is 14.5 Å². The summed E-state index contributed by atoms with van der Waals surface area (Å²) in [4.78, 5) is 14.9. The molecule has 198 valence electrons. The van der Waals surface area contributed by atoms with Crippen molar-refractivity contribution in [3.8, 4) is 11.5 Å². The molecule has 0 atom stereocenters. The van der Waals surface area contributed by atoms with Crippen molar-refractivity contribution in [1.29, 1.82) is 0 Å². The minimum absolute atomic E-state index is 0.00501. The van der Waals surface area contributed by atoms with Gasteiger partial charge in [-0.25, -0.2) is 8.42 Å². The number of aromatic amines is 1. The number of fused-ring (bicyclic) bond motifs is 2. The molecule has 2 heterocycles. The van der Waals surface area contributed by atoms with Crippen molar-refractivity contribution < 1.29 is 31.1 Å². The number of rotatable bonds is 6. The Hall–Kier alpha value is -3.83. The van der Waals surface area contributed by atoms with Crippen molar-refractivity contribution >= 4 is 20.9 Å². The number of alkyl halides is 3. The van der Waals surface area contributed by atoms with E-state index in [1.165, 1.54) is 6.07 Å². The minimum atomic E-state index is -4.90. The van der Waals surface area contributed by atoms with E-state index in [9.17, 15) is 26.4 Å². The van der Waals surface area contributed by atoms with Crippen LogP contribution in [0.3, 0.4) is 0 Å². The Bertz CT molecular complexity index is 1710. The first-order chi connectivity index (χ1) is 17.9. The summed E-state index contributed by atoms with van der Waals surface area (Å²) in [7, 11) is -4.72. The number of H-pyrrole nitrogens is 1. The van der Waals surface area contributed by atoms with Gasteiger partial charge in [-0.05, 0) is 66.9 Å². The molecule has 4 aromatic rings. The van der Waals surface area contributed by atoms with Gasteiger partial charge in [0.1, 0.15) is 0 Å². The van der Waals surface area contributed by atoms with E-state index < -0.39 is 38.8 Å². The highest BCUT2D eigenvalue weighted by Crippen LogP contribution is 2.37. The molecule has 0 unspecified atom stereocenters. The third-order valence-electron chi connectivity index (χ3n) is 6.34. The molecule has 38 heavy (non-hydrogen) atoms. The van der Waals surface area contributed by atoms with Gasteiger partial charge in [0.15, 0.2) is 11.5 Å². The Labute approximate surface area is 216 Å². The van der Waals surface area contributed by atoms with E-state index in [4.69, 9.17) is 9.47 Å². The lowest BCUT2D eigenvalue weighted by molar-refractivity contribution is -0.139. The van der Waals surface area contributed by atoms with Crippen molar-refractivity contribution in [3.63, 3.8) is 0 Å². The van der Waals surface area contributed by atoms with Crippen LogP contribution in [0.25, 0.3) is 10.9 Å². The number of nitrogens with one attached hydrogen (secondary N) is 1. The van der Waals surface area contributed by atoms with Crippen molar-refractivity contribution in [2.24, 2.45) is 0 Å². The van der Waals surface area contributed by atoms with E-state index in [1.54, 1.807) is 30.3 Å². The quantitative estimate of drug-likeness (QED) is 0.357. The number of halogens is 3. The first kappa shape index (κ1) is 25.8. The van der Waals surface area contributed by atoms with Crippen LogP contribution < -0.4 is 15.0 Å². The van der Waals surface area contributed by atoms with Gasteiger partial charge in [0.05, 0.1) is 10.5 Å². The van der Waals surface area contributed by atoms with Gasteiger partial charge in [-0.2, -0.15) is 17.5 Å². The van der Waals surface area contributed by atoms with Crippen LogP contribution in [0, 0.1) is 13.8 Å². The number of benzene rings is 3. The first-order valence-corrected chi connectivity index (χ1v) is 13.1. The Morgan fingerprint density at radius 2 is 1.68 bits per heavy atom. The topological polar surface area (TPSA) is 88.7 Å². The highest BCUT2D eigenvalue weighted by Gasteiger charge is 2.39. The summed E-state index contributed by atoms with van der Waals surface area (Å²) in [6, 6.07) is 14.1. The van der Waals surface area contributed by atoms with Crippen molar-refractivity contribution in [1.82, 2.24) is 9.29 Å². The van der Waals surface area contributed by atoms with Crippen LogP contribution in [-0.4, -0.2) is 24.5 Å². The molecule has 0 spiro atoms. The molecule has 0 saturated heterocycles. The molecule has 0 radical (unpaired) electrons. The Balaban J connectivity index is 1.63. The number of aryl methyl sites for hydroxylation is 2. The largest absolute Gasteiger partial charge is 0.454 e. The van der Waals surface area contributed by atoms with E-state index in [-0.39, 0.29) is 18.9 Å². The Morgan fingerprint density at radius 3 is 2.45 bits per heavy atom. The average Bonchev–Trinajstić information content (AvgIpc) is 3.31. The fraction of sp³-hybridized carbons (Fsp3) is 0.222. The molecule has 1 aliphatic heterocycles. The molecular formula is C27H23F3N2O5S. The van der Waals surface area contributed by atoms with Crippen LogP contribution >= 0.6 is 0 Å². The fourth-order valence-corrected chi connectivity index (χ4v) is 6.18. The molecule has 5 rings (SSSR count). The Morgan fingerprint density at radius 1 is 0.947 bits per heavy atom. The zero-order chi connectivity index (χ0) is 27.2. The number of hydrogen-bond acceptors (Lipinski definition) is 5. The SMILES string of the molecule is Cc1cc(C)c2cc(CN(Cc3ccc4c(c3)OCO4)S(=O)(=O)c3ccccc3C(F)(F)F)c(=O)[nH]c2c1. The molecule has 11 heteroatoms. The lowest BCUT2D eigenvalue weighted by Crippen LogP contribution is -2.33. The molecular weight excluding hydrogens is 521 g/mol. The van der Waals surface area contributed by atoms with E-state index in [0.717, 1.165) is 33.6 Å². The molecule has 0 aliphatic carbocycles. The van der Waals surface area contributed by atoms with Crippen molar-refractivity contribution in [2.75, 3.05) is 6.79 Å². The zero-order valence-corrected chi connectivity index (χ0v) is 21.2. The lowest BCUT2D eigenvalue weighted by atomic mass is 10.0. The van der Waals surface area contributed by atoms with Crippen molar-refractivity contribution in [3.05, 3.63) is 98.8 Å². The highest BCUT2D eigenvalue weighted by atomic mass is 32.2. The molecule has 0 amide bonds. The molecule has 0 bridgehead atoms. The second-order valence-corrected chi connectivity index (χ2v) is 11.0. The second kappa shape index (κ2) is 9.48. The number of pyridine rings is 1. The van der Waals surface area contributed by atoms with E-state index in [1.807, 2.05) is 19.9 Å². The molecule has 1 aromatic heterocycles. The summed E-state index contributed by atoms with van der Waals surface area (Å²) >= 11 is 0. The first-order valence-electron chi connectivity index (χ1n) is 11.6. The maximum atomic E-state index is 13.8. The molecule has 0 saturated carbocycles. The average molecular weight is 545 g/mol. The van der Waals surface area contributed by atoms with E-state index in [0.29, 0.717) is 28.0 Å². The summed E-state index contributed by atoms with van der Waals surface area (Å²) in [5.74, 6) is 0.868. The summed E-state index contributed by atoms with van der Waals surface area (Å²) in [6.07, 6.45) is -4.90. The molecule has 1 aliphatic rings. The fourth-order valence-electron chi connectivity index (χ4n) is 4.56. The van der Waals surface area contributed by atoms with Gasteiger partial charge in [0, 0.05) is 29.6 Å². The third-order valence-corrected chi connectivity index (χ3v) is 8.19. The zero-order valence-electron chi connectivity index (χ0n) is 20.4. The summed E-state index contributed by atoms with van der Waals surface area (Å²) in [5, 5.41) is 0.710. The van der Waals surface area contributed by atoms with Crippen LogP contribution in [0.15, 0.2) is 70.4 Å². The van der Waals surface area contributed by atoms with Crippen LogP contribution in [0.2, 0.25) is 0 Å². The standard InChI is InChI=1S/C27H23F3N2O5S/c1-16-9-17(2)20-12-19(26(33)31-22(20)10-16)14-32(13-18-7-8-23-24(11-18)37-15-36-23)38(34,35)25-6-4-3-5-21(25)27(28,29)30/h3-12H,13-15H2,1-2H3,(H,31,33). The van der Waals surface area contributed by atoms with Crippen LogP contribution in [-0.2, 0) is 29.3 Å². The van der Waals surface area contributed by atoms with Crippen LogP contribution in [0.4, 0.5) is 13.2 Å². The monoisotopic (exact) mass is 544 g/mol. The maximum absolute atomic E-state index is 13.8. The maximum Gasteiger partial charge on any atom is 0.417 e. The van der Waals surface area contributed by atoms with Gasteiger partial charge in [-0.3, -0.25) is 4.79 Å². The molecule has 7 nitrogen and oxygen atoms in total. The number of nitrogens with zero attached hydrogens (tertiary/aromatic N) is 1. The van der Waals surface area contributed by atoms with Crippen LogP contribution in [0.1, 0.15) is 27.8 Å². The third kappa shape index (κ3) is 4.86. The molecule has 3 aromatic carbocycles. The summed E-state index contributed by atoms with van der Waals surface area (Å²) < 4.78 is 80.5. The predicted molar refractivity (Wildman–Crippen MR) is 134 cm³/mol. The van der Waals surface area contributed by atoms with Gasteiger partial charge in [0.25, 0.3) is 5.56 Å². The number of aromatic nitrogens is 1. The Kier molecular flexibility index (Phi) is 6.44. The lowest BCUT2D eigenvalue weighted by Gasteiger charge is -2.24. The number of ether oxygens (including phenoxy) is 2. The van der Waals surface area contributed by atoms with E-state index in [2.05, 4.69) is 4.98 Å².